The molecule has 1 N–H and O–H groups in total. The van der Waals surface area contributed by atoms with Gasteiger partial charge in [-0.2, -0.15) is 0 Å². The number of rotatable bonds is 3. The van der Waals surface area contributed by atoms with Gasteiger partial charge in [0.15, 0.2) is 5.78 Å². The molecule has 1 amide bonds. The highest BCUT2D eigenvalue weighted by Gasteiger charge is 2.35. The maximum absolute atomic E-state index is 12.0. The summed E-state index contributed by atoms with van der Waals surface area (Å²) in [5.74, 6) is -2.44. The first-order valence-corrected chi connectivity index (χ1v) is 7.41. The molecule has 23 heavy (non-hydrogen) atoms. The van der Waals surface area contributed by atoms with Gasteiger partial charge in [0.1, 0.15) is 11.5 Å². The van der Waals surface area contributed by atoms with Crippen molar-refractivity contribution in [2.75, 3.05) is 7.05 Å². The van der Waals surface area contributed by atoms with Crippen molar-refractivity contribution in [2.45, 2.75) is 39.3 Å². The molecule has 1 atom stereocenters. The molecule has 1 aromatic carbocycles. The maximum atomic E-state index is 12.0. The van der Waals surface area contributed by atoms with Gasteiger partial charge in [-0.3, -0.25) is 9.59 Å². The van der Waals surface area contributed by atoms with E-state index in [2.05, 4.69) is 0 Å². The van der Waals surface area contributed by atoms with Crippen molar-refractivity contribution in [3.8, 4) is 0 Å². The van der Waals surface area contributed by atoms with E-state index < -0.39 is 23.6 Å². The van der Waals surface area contributed by atoms with Crippen molar-refractivity contribution < 1.29 is 24.2 Å². The van der Waals surface area contributed by atoms with Gasteiger partial charge in [0, 0.05) is 19.2 Å². The van der Waals surface area contributed by atoms with E-state index in [1.165, 1.54) is 4.90 Å². The molecule has 6 heteroatoms. The number of carbonyl (C=O) groups is 3. The largest absolute Gasteiger partial charge is 0.481 e. The van der Waals surface area contributed by atoms with E-state index in [0.29, 0.717) is 12.1 Å². The lowest BCUT2D eigenvalue weighted by atomic mass is 10.1. The van der Waals surface area contributed by atoms with Crippen LogP contribution >= 0.6 is 0 Å². The van der Waals surface area contributed by atoms with Crippen LogP contribution in [-0.2, 0) is 22.5 Å². The lowest BCUT2D eigenvalue weighted by Gasteiger charge is -2.24. The van der Waals surface area contributed by atoms with E-state index in [1.807, 2.05) is 0 Å². The molecule has 1 aromatic rings. The summed E-state index contributed by atoms with van der Waals surface area (Å²) in [7, 11) is 1.63. The van der Waals surface area contributed by atoms with Gasteiger partial charge < -0.3 is 14.7 Å². The van der Waals surface area contributed by atoms with E-state index >= 15 is 0 Å². The third-order valence-corrected chi connectivity index (χ3v) is 3.60. The number of hydrogen-bond acceptors (Lipinski definition) is 4. The summed E-state index contributed by atoms with van der Waals surface area (Å²) in [4.78, 5) is 36.5. The number of carbonyl (C=O) groups excluding carboxylic acids is 2. The topological polar surface area (TPSA) is 83.9 Å². The highest BCUT2D eigenvalue weighted by atomic mass is 16.6. The second kappa shape index (κ2) is 6.02. The Kier molecular flexibility index (Phi) is 4.45. The first kappa shape index (κ1) is 17.0. The van der Waals surface area contributed by atoms with Gasteiger partial charge in [-0.25, -0.2) is 4.79 Å². The van der Waals surface area contributed by atoms with Crippen LogP contribution in [0.15, 0.2) is 18.2 Å². The summed E-state index contributed by atoms with van der Waals surface area (Å²) in [5.41, 5.74) is 1.44. The molecule has 0 saturated carbocycles. The molecule has 0 heterocycles. The van der Waals surface area contributed by atoms with Crippen LogP contribution in [0, 0.1) is 5.92 Å². The Labute approximate surface area is 135 Å². The van der Waals surface area contributed by atoms with Crippen LogP contribution in [0.25, 0.3) is 0 Å². The van der Waals surface area contributed by atoms with Crippen molar-refractivity contribution in [3.05, 3.63) is 34.9 Å². The van der Waals surface area contributed by atoms with Crippen LogP contribution < -0.4 is 0 Å². The number of hydrogen-bond donors (Lipinski definition) is 1. The van der Waals surface area contributed by atoms with Gasteiger partial charge in [-0.05, 0) is 38.3 Å². The number of ketones is 1. The van der Waals surface area contributed by atoms with Crippen LogP contribution in [0.2, 0.25) is 0 Å². The van der Waals surface area contributed by atoms with Gasteiger partial charge in [0.25, 0.3) is 0 Å². The maximum Gasteiger partial charge on any atom is 0.410 e. The molecule has 2 rings (SSSR count). The molecule has 0 fully saturated rings. The second-order valence-electron chi connectivity index (χ2n) is 6.79. The normalized spacial score (nSPS) is 16.9. The van der Waals surface area contributed by atoms with Crippen LogP contribution in [0.3, 0.4) is 0 Å². The fraction of sp³-hybridized carbons (Fsp3) is 0.471. The average Bonchev–Trinajstić information content (AvgIpc) is 2.74. The molecule has 0 aromatic heterocycles. The molecule has 0 radical (unpaired) electrons. The fourth-order valence-electron chi connectivity index (χ4n) is 2.53. The summed E-state index contributed by atoms with van der Waals surface area (Å²) < 4.78 is 5.29. The Morgan fingerprint density at radius 3 is 2.57 bits per heavy atom. The first-order valence-electron chi connectivity index (χ1n) is 7.41. The van der Waals surface area contributed by atoms with E-state index in [0.717, 1.165) is 11.1 Å². The Bertz CT molecular complexity index is 659. The SMILES string of the molecule is CN(Cc1ccc2c(c1)CC(C(=O)O)C2=O)C(=O)OC(C)(C)C. The third-order valence-electron chi connectivity index (χ3n) is 3.60. The molecule has 0 bridgehead atoms. The number of benzene rings is 1. The van der Waals surface area contributed by atoms with Crippen molar-refractivity contribution >= 4 is 17.8 Å². The lowest BCUT2D eigenvalue weighted by Crippen LogP contribution is -2.33. The predicted octanol–water partition coefficient (Wildman–Crippen LogP) is 2.49. The van der Waals surface area contributed by atoms with Gasteiger partial charge in [-0.15, -0.1) is 0 Å². The molecule has 1 aliphatic rings. The highest BCUT2D eigenvalue weighted by molar-refractivity contribution is 6.11. The Morgan fingerprint density at radius 2 is 2.00 bits per heavy atom. The minimum atomic E-state index is -1.10. The third kappa shape index (κ3) is 3.88. The summed E-state index contributed by atoms with van der Waals surface area (Å²) in [5, 5.41) is 9.06. The zero-order valence-electron chi connectivity index (χ0n) is 13.8. The second-order valence-corrected chi connectivity index (χ2v) is 6.79. The Hall–Kier alpha value is -2.37. The van der Waals surface area contributed by atoms with Crippen molar-refractivity contribution in [1.29, 1.82) is 0 Å². The summed E-state index contributed by atoms with van der Waals surface area (Å²) >= 11 is 0. The number of carboxylic acids is 1. The minimum Gasteiger partial charge on any atom is -0.481 e. The molecule has 6 nitrogen and oxygen atoms in total. The quantitative estimate of drug-likeness (QED) is 0.865. The molecule has 1 unspecified atom stereocenters. The van der Waals surface area contributed by atoms with Crippen LogP contribution in [0.5, 0.6) is 0 Å². The van der Waals surface area contributed by atoms with Crippen molar-refractivity contribution in [3.63, 3.8) is 0 Å². The summed E-state index contributed by atoms with van der Waals surface area (Å²) in [6.45, 7) is 5.72. The van der Waals surface area contributed by atoms with Gasteiger partial charge in [0.2, 0.25) is 0 Å². The van der Waals surface area contributed by atoms with E-state index in [-0.39, 0.29) is 12.2 Å². The number of nitrogens with zero attached hydrogens (tertiary/aromatic N) is 1. The minimum absolute atomic E-state index is 0.202. The molecule has 0 saturated heterocycles. The fourth-order valence-corrected chi connectivity index (χ4v) is 2.53. The standard InChI is InChI=1S/C17H21NO5/c1-17(2,3)23-16(22)18(4)9-10-5-6-12-11(7-10)8-13(14(12)19)15(20)21/h5-7,13H,8-9H2,1-4H3,(H,20,21). The van der Waals surface area contributed by atoms with Crippen molar-refractivity contribution in [2.24, 2.45) is 5.92 Å². The monoisotopic (exact) mass is 319 g/mol. The van der Waals surface area contributed by atoms with E-state index in [9.17, 15) is 14.4 Å². The molecular weight excluding hydrogens is 298 g/mol. The highest BCUT2D eigenvalue weighted by Crippen LogP contribution is 2.28. The number of Topliss-reactive ketones (excluding diaryl/α,β-unsaturated/α-hetero) is 1. The number of aliphatic carboxylic acids is 1. The van der Waals surface area contributed by atoms with E-state index in [1.54, 1.807) is 46.0 Å². The number of fused-ring (bicyclic) bond motifs is 1. The number of carboxylic acid groups (broad SMARTS) is 1. The van der Waals surface area contributed by atoms with Gasteiger partial charge >= 0.3 is 12.1 Å². The molecular formula is C17H21NO5. The van der Waals surface area contributed by atoms with Crippen molar-refractivity contribution in [1.82, 2.24) is 4.90 Å². The Balaban J connectivity index is 2.10. The lowest BCUT2D eigenvalue weighted by molar-refractivity contribution is -0.139. The van der Waals surface area contributed by atoms with Gasteiger partial charge in [0.05, 0.1) is 0 Å². The predicted molar refractivity (Wildman–Crippen MR) is 83.3 cm³/mol. The van der Waals surface area contributed by atoms with Crippen LogP contribution in [0.4, 0.5) is 4.79 Å². The molecule has 0 spiro atoms. The molecule has 124 valence electrons. The first-order chi connectivity index (χ1) is 10.6. The number of amides is 1. The van der Waals surface area contributed by atoms with Crippen LogP contribution in [-0.4, -0.2) is 40.5 Å². The smallest absolute Gasteiger partial charge is 0.410 e. The van der Waals surface area contributed by atoms with E-state index in [4.69, 9.17) is 9.84 Å². The zero-order valence-corrected chi connectivity index (χ0v) is 13.8. The Morgan fingerprint density at radius 1 is 1.35 bits per heavy atom. The average molecular weight is 319 g/mol. The van der Waals surface area contributed by atoms with Crippen LogP contribution in [0.1, 0.15) is 42.3 Å². The number of ether oxygens (including phenoxy) is 1. The summed E-state index contributed by atoms with van der Waals surface area (Å²) in [6, 6.07) is 5.16. The van der Waals surface area contributed by atoms with Gasteiger partial charge in [-0.1, -0.05) is 18.2 Å². The zero-order chi connectivity index (χ0) is 17.4. The summed E-state index contributed by atoms with van der Waals surface area (Å²) in [6.07, 6.45) is -0.231. The molecule has 0 aliphatic heterocycles. The molecule has 1 aliphatic carbocycles.